The topological polar surface area (TPSA) is 122 Å². The average molecular weight is 405 g/mol. The number of hydrogen-bond acceptors (Lipinski definition) is 7. The minimum Gasteiger partial charge on any atom is -0.353 e. The van der Waals surface area contributed by atoms with Gasteiger partial charge in [-0.25, -0.2) is 0 Å². The molecule has 8 nitrogen and oxygen atoms in total. The summed E-state index contributed by atoms with van der Waals surface area (Å²) in [5, 5.41) is 30.1. The summed E-state index contributed by atoms with van der Waals surface area (Å²) < 4.78 is 11.3. The summed E-state index contributed by atoms with van der Waals surface area (Å²) in [6, 6.07) is 12.5. The Hall–Kier alpha value is -3.64. The molecule has 154 valence electrons. The van der Waals surface area contributed by atoms with E-state index in [1.54, 1.807) is 24.3 Å². The lowest BCUT2D eigenvalue weighted by atomic mass is 9.99. The lowest BCUT2D eigenvalue weighted by Gasteiger charge is -2.32. The highest BCUT2D eigenvalue weighted by molar-refractivity contribution is 6.26. The first-order valence-electron chi connectivity index (χ1n) is 9.56. The van der Waals surface area contributed by atoms with E-state index in [4.69, 9.17) is 20.0 Å². The van der Waals surface area contributed by atoms with Crippen LogP contribution >= 0.6 is 0 Å². The average Bonchev–Trinajstić information content (AvgIpc) is 3.06. The summed E-state index contributed by atoms with van der Waals surface area (Å²) in [6.45, 7) is 8.92. The standard InChI is InChI=1S/C22H23N5O3/c1-5-27(14(3)30-15(4)29-6-2)18-9-7-16(8-10-18)20-19(13-25)21(26-22(20)28)17(11-23)12-24/h7-10,14-15H,5-6H2,1-4H3,(H,26,28). The molecule has 0 radical (unpaired) electrons. The Bertz CT molecular complexity index is 974. The molecule has 1 aliphatic heterocycles. The van der Waals surface area contributed by atoms with Crippen molar-refractivity contribution in [2.75, 3.05) is 18.1 Å². The zero-order valence-corrected chi connectivity index (χ0v) is 17.4. The van der Waals surface area contributed by atoms with E-state index in [1.165, 1.54) is 0 Å². The molecule has 8 heteroatoms. The Labute approximate surface area is 176 Å². The van der Waals surface area contributed by atoms with Crippen molar-refractivity contribution in [3.05, 3.63) is 46.7 Å². The van der Waals surface area contributed by atoms with E-state index in [0.29, 0.717) is 18.7 Å². The van der Waals surface area contributed by atoms with Crippen molar-refractivity contribution in [1.82, 2.24) is 5.32 Å². The highest BCUT2D eigenvalue weighted by Crippen LogP contribution is 2.31. The molecule has 1 N–H and O–H groups in total. The van der Waals surface area contributed by atoms with Crippen molar-refractivity contribution < 1.29 is 14.3 Å². The molecule has 1 aliphatic rings. The second-order valence-corrected chi connectivity index (χ2v) is 6.38. The first kappa shape index (κ1) is 22.6. The molecule has 0 saturated heterocycles. The summed E-state index contributed by atoms with van der Waals surface area (Å²) in [4.78, 5) is 14.5. The Morgan fingerprint density at radius 3 is 2.27 bits per heavy atom. The number of amides is 1. The van der Waals surface area contributed by atoms with E-state index in [1.807, 2.05) is 50.8 Å². The molecule has 0 fully saturated rings. The highest BCUT2D eigenvalue weighted by Gasteiger charge is 2.31. The number of allylic oxidation sites excluding steroid dienone is 2. The molecule has 2 rings (SSSR count). The van der Waals surface area contributed by atoms with Crippen LogP contribution in [0.2, 0.25) is 0 Å². The highest BCUT2D eigenvalue weighted by atomic mass is 16.7. The van der Waals surface area contributed by atoms with Crippen LogP contribution in [0, 0.1) is 34.0 Å². The number of nitrogens with one attached hydrogen (secondary N) is 1. The minimum absolute atomic E-state index is 0.0135. The van der Waals surface area contributed by atoms with Gasteiger partial charge in [0.25, 0.3) is 5.91 Å². The zero-order valence-electron chi connectivity index (χ0n) is 17.4. The van der Waals surface area contributed by atoms with E-state index >= 15 is 0 Å². The molecule has 0 bridgehead atoms. The van der Waals surface area contributed by atoms with Crippen LogP contribution < -0.4 is 10.2 Å². The minimum atomic E-state index is -0.521. The monoisotopic (exact) mass is 405 g/mol. The van der Waals surface area contributed by atoms with Crippen molar-refractivity contribution in [3.63, 3.8) is 0 Å². The normalized spacial score (nSPS) is 15.0. The van der Waals surface area contributed by atoms with E-state index in [9.17, 15) is 10.1 Å². The van der Waals surface area contributed by atoms with Gasteiger partial charge < -0.3 is 19.7 Å². The number of carbonyl (C=O) groups is 1. The van der Waals surface area contributed by atoms with Gasteiger partial charge in [-0.2, -0.15) is 15.8 Å². The van der Waals surface area contributed by atoms with Crippen molar-refractivity contribution in [1.29, 1.82) is 15.8 Å². The van der Waals surface area contributed by atoms with Crippen molar-refractivity contribution in [2.24, 2.45) is 0 Å². The second kappa shape index (κ2) is 10.2. The number of benzene rings is 1. The third kappa shape index (κ3) is 4.67. The number of carbonyl (C=O) groups excluding carboxylic acids is 1. The Balaban J connectivity index is 2.37. The van der Waals surface area contributed by atoms with Gasteiger partial charge in [-0.05, 0) is 45.4 Å². The zero-order chi connectivity index (χ0) is 22.3. The van der Waals surface area contributed by atoms with Crippen molar-refractivity contribution in [2.45, 2.75) is 40.2 Å². The summed E-state index contributed by atoms with van der Waals surface area (Å²) in [5.41, 5.74) is 1.16. The fraction of sp³-hybridized carbons (Fsp3) is 0.364. The van der Waals surface area contributed by atoms with Crippen molar-refractivity contribution >= 4 is 17.2 Å². The number of nitrogens with zero attached hydrogens (tertiary/aromatic N) is 4. The molecule has 30 heavy (non-hydrogen) atoms. The molecule has 0 aromatic heterocycles. The van der Waals surface area contributed by atoms with Gasteiger partial charge in [0, 0.05) is 18.8 Å². The van der Waals surface area contributed by atoms with E-state index < -0.39 is 5.91 Å². The van der Waals surface area contributed by atoms with Crippen LogP contribution in [0.25, 0.3) is 5.57 Å². The van der Waals surface area contributed by atoms with Gasteiger partial charge in [-0.3, -0.25) is 4.79 Å². The van der Waals surface area contributed by atoms with Gasteiger partial charge in [0.1, 0.15) is 24.4 Å². The summed E-state index contributed by atoms with van der Waals surface area (Å²) >= 11 is 0. The predicted octanol–water partition coefficient (Wildman–Crippen LogP) is 2.97. The quantitative estimate of drug-likeness (QED) is 0.521. The molecule has 0 spiro atoms. The molecule has 0 aliphatic carbocycles. The first-order valence-corrected chi connectivity index (χ1v) is 9.56. The number of ether oxygens (including phenoxy) is 2. The maximum atomic E-state index is 12.4. The predicted molar refractivity (Wildman–Crippen MR) is 110 cm³/mol. The molecule has 2 atom stereocenters. The van der Waals surface area contributed by atoms with E-state index in [-0.39, 0.29) is 34.9 Å². The maximum absolute atomic E-state index is 12.4. The largest absolute Gasteiger partial charge is 0.353 e. The van der Waals surface area contributed by atoms with Gasteiger partial charge in [0.2, 0.25) is 0 Å². The smallest absolute Gasteiger partial charge is 0.257 e. The molecule has 1 aromatic carbocycles. The summed E-state index contributed by atoms with van der Waals surface area (Å²) in [5.74, 6) is -0.521. The molecular weight excluding hydrogens is 382 g/mol. The Morgan fingerprint density at radius 1 is 1.13 bits per heavy atom. The molecule has 1 heterocycles. The van der Waals surface area contributed by atoms with Crippen LogP contribution in [0.4, 0.5) is 5.69 Å². The number of nitriles is 3. The summed E-state index contributed by atoms with van der Waals surface area (Å²) in [6.07, 6.45) is -0.585. The van der Waals surface area contributed by atoms with E-state index in [2.05, 4.69) is 5.32 Å². The van der Waals surface area contributed by atoms with Gasteiger partial charge in [-0.1, -0.05) is 12.1 Å². The van der Waals surface area contributed by atoms with Gasteiger partial charge in [-0.15, -0.1) is 0 Å². The van der Waals surface area contributed by atoms with Gasteiger partial charge in [0.05, 0.1) is 16.8 Å². The van der Waals surface area contributed by atoms with Gasteiger partial charge in [0.15, 0.2) is 11.9 Å². The number of anilines is 1. The fourth-order valence-corrected chi connectivity index (χ4v) is 3.28. The molecule has 0 saturated carbocycles. The fourth-order valence-electron chi connectivity index (χ4n) is 3.28. The van der Waals surface area contributed by atoms with Crippen molar-refractivity contribution in [3.8, 4) is 18.2 Å². The molecular formula is C22H23N5O3. The SMILES string of the molecule is CCOC(C)OC(C)N(CC)c1ccc(C2=C(C#N)C(=C(C#N)C#N)NC2=O)cc1. The third-order valence-corrected chi connectivity index (χ3v) is 4.61. The van der Waals surface area contributed by atoms with Crippen LogP contribution in [0.1, 0.15) is 33.3 Å². The number of rotatable bonds is 8. The Kier molecular flexibility index (Phi) is 7.72. The maximum Gasteiger partial charge on any atom is 0.257 e. The third-order valence-electron chi connectivity index (χ3n) is 4.61. The first-order chi connectivity index (χ1) is 14.4. The van der Waals surface area contributed by atoms with Gasteiger partial charge >= 0.3 is 0 Å². The van der Waals surface area contributed by atoms with Crippen LogP contribution in [0.3, 0.4) is 0 Å². The summed E-state index contributed by atoms with van der Waals surface area (Å²) in [7, 11) is 0. The second-order valence-electron chi connectivity index (χ2n) is 6.38. The molecule has 1 aromatic rings. The molecule has 1 amide bonds. The van der Waals surface area contributed by atoms with Crippen LogP contribution in [-0.2, 0) is 14.3 Å². The molecule has 2 unspecified atom stereocenters. The van der Waals surface area contributed by atoms with Crippen LogP contribution in [0.15, 0.2) is 41.1 Å². The van der Waals surface area contributed by atoms with Crippen LogP contribution in [-0.4, -0.2) is 31.6 Å². The lowest BCUT2D eigenvalue weighted by molar-refractivity contribution is -0.152. The lowest BCUT2D eigenvalue weighted by Crippen LogP contribution is -2.37. The van der Waals surface area contributed by atoms with E-state index in [0.717, 1.165) is 5.69 Å². The Morgan fingerprint density at radius 2 is 1.77 bits per heavy atom. The number of hydrogen-bond donors (Lipinski definition) is 1. The van der Waals surface area contributed by atoms with Crippen LogP contribution in [0.5, 0.6) is 0 Å².